The number of hydrogen-bond acceptors (Lipinski definition) is 5. The first kappa shape index (κ1) is 24.7. The molecule has 0 aromatic heterocycles. The molecule has 4 aliphatic rings. The van der Waals surface area contributed by atoms with E-state index in [9.17, 15) is 5.11 Å². The topological polar surface area (TPSA) is 57.2 Å². The van der Waals surface area contributed by atoms with Gasteiger partial charge in [-0.2, -0.15) is 0 Å². The Hall–Kier alpha value is -0.423. The van der Waals surface area contributed by atoms with E-state index >= 15 is 0 Å². The van der Waals surface area contributed by atoms with Crippen LogP contribution in [0.3, 0.4) is 0 Å². The van der Waals surface area contributed by atoms with E-state index in [1.807, 2.05) is 0 Å². The van der Waals surface area contributed by atoms with Crippen molar-refractivity contribution >= 4 is 8.32 Å². The Kier molecular flexibility index (Phi) is 6.93. The van der Waals surface area contributed by atoms with Crippen LogP contribution in [0.2, 0.25) is 18.1 Å². The Morgan fingerprint density at radius 2 is 1.72 bits per heavy atom. The predicted octanol–water partition coefficient (Wildman–Crippen LogP) is 4.88. The summed E-state index contributed by atoms with van der Waals surface area (Å²) >= 11 is 0. The molecule has 5 atom stereocenters. The van der Waals surface area contributed by atoms with Gasteiger partial charge >= 0.3 is 0 Å². The zero-order valence-corrected chi connectivity index (χ0v) is 22.0. The van der Waals surface area contributed by atoms with Crippen LogP contribution in [0.5, 0.6) is 0 Å². The van der Waals surface area contributed by atoms with Gasteiger partial charge in [-0.05, 0) is 49.7 Å². The monoisotopic (exact) mass is 464 g/mol. The van der Waals surface area contributed by atoms with Gasteiger partial charge in [0.1, 0.15) is 11.7 Å². The highest BCUT2D eigenvalue weighted by Gasteiger charge is 2.73. The van der Waals surface area contributed by atoms with Crippen LogP contribution in [0.4, 0.5) is 0 Å². The molecule has 1 heterocycles. The van der Waals surface area contributed by atoms with Crippen molar-refractivity contribution in [2.24, 2.45) is 17.8 Å². The van der Waals surface area contributed by atoms with Crippen molar-refractivity contribution in [1.29, 1.82) is 0 Å². The van der Waals surface area contributed by atoms with E-state index in [4.69, 9.17) is 18.6 Å². The molecule has 0 aromatic carbocycles. The Bertz CT molecular complexity index is 723. The molecule has 4 fully saturated rings. The molecule has 5 nitrogen and oxygen atoms in total. The average Bonchev–Trinajstić information content (AvgIpc) is 3.24. The van der Waals surface area contributed by atoms with Crippen molar-refractivity contribution in [2.75, 3.05) is 20.3 Å². The van der Waals surface area contributed by atoms with E-state index in [1.165, 1.54) is 32.1 Å². The summed E-state index contributed by atoms with van der Waals surface area (Å²) in [5.74, 6) is 6.98. The molecule has 0 amide bonds. The third-order valence-electron chi connectivity index (χ3n) is 9.21. The van der Waals surface area contributed by atoms with Crippen molar-refractivity contribution in [3.63, 3.8) is 0 Å². The summed E-state index contributed by atoms with van der Waals surface area (Å²) in [6, 6.07) is 0. The molecule has 1 aliphatic heterocycles. The zero-order chi connectivity index (χ0) is 23.2. The summed E-state index contributed by atoms with van der Waals surface area (Å²) in [5.41, 5.74) is -0.497. The lowest BCUT2D eigenvalue weighted by Gasteiger charge is -2.63. The molecule has 182 valence electrons. The van der Waals surface area contributed by atoms with Gasteiger partial charge < -0.3 is 23.7 Å². The average molecular weight is 465 g/mol. The van der Waals surface area contributed by atoms with Crippen LogP contribution in [-0.4, -0.2) is 57.3 Å². The van der Waals surface area contributed by atoms with Crippen LogP contribution >= 0.6 is 0 Å². The summed E-state index contributed by atoms with van der Waals surface area (Å²) in [5, 5.41) is 11.1. The molecule has 6 heteroatoms. The Labute approximate surface area is 196 Å². The molecule has 0 bridgehead atoms. The van der Waals surface area contributed by atoms with Gasteiger partial charge in [-0.1, -0.05) is 51.9 Å². The minimum absolute atomic E-state index is 0.0460. The van der Waals surface area contributed by atoms with Crippen LogP contribution in [0.25, 0.3) is 0 Å². The first-order valence-corrected chi connectivity index (χ1v) is 15.7. The Morgan fingerprint density at radius 3 is 2.31 bits per heavy atom. The third kappa shape index (κ3) is 4.12. The fourth-order valence-corrected chi connectivity index (χ4v) is 7.40. The highest BCUT2D eigenvalue weighted by Crippen LogP contribution is 2.62. The van der Waals surface area contributed by atoms with E-state index in [-0.39, 0.29) is 23.0 Å². The molecule has 0 radical (unpaired) electrons. The van der Waals surface area contributed by atoms with Crippen LogP contribution in [-0.2, 0) is 18.6 Å². The predicted molar refractivity (Wildman–Crippen MR) is 128 cm³/mol. The van der Waals surface area contributed by atoms with E-state index < -0.39 is 25.8 Å². The van der Waals surface area contributed by atoms with E-state index in [0.717, 1.165) is 12.8 Å². The van der Waals surface area contributed by atoms with Gasteiger partial charge in [-0.25, -0.2) is 0 Å². The number of fused-ring (bicyclic) bond motifs is 2. The van der Waals surface area contributed by atoms with E-state index in [2.05, 4.69) is 45.7 Å². The highest BCUT2D eigenvalue weighted by molar-refractivity contribution is 6.74. The molecule has 32 heavy (non-hydrogen) atoms. The first-order valence-electron chi connectivity index (χ1n) is 12.8. The van der Waals surface area contributed by atoms with Gasteiger partial charge in [0, 0.05) is 19.4 Å². The lowest BCUT2D eigenvalue weighted by atomic mass is 9.52. The first-order chi connectivity index (χ1) is 15.1. The van der Waals surface area contributed by atoms with Crippen molar-refractivity contribution in [3.05, 3.63) is 0 Å². The van der Waals surface area contributed by atoms with Crippen LogP contribution in [0.15, 0.2) is 0 Å². The Morgan fingerprint density at radius 1 is 1.06 bits per heavy atom. The van der Waals surface area contributed by atoms with Crippen molar-refractivity contribution < 1.29 is 23.7 Å². The normalized spacial score (nSPS) is 36.2. The van der Waals surface area contributed by atoms with Crippen molar-refractivity contribution in [2.45, 2.75) is 114 Å². The smallest absolute Gasteiger partial charge is 0.198 e. The van der Waals surface area contributed by atoms with E-state index in [1.54, 1.807) is 7.11 Å². The SMILES string of the molecule is CO[C@]12CC[C@@H](O)[C@H](C#C[C@@H](O[Si](C)(C)C(C)(C)C)C3CCCCC3)[C@H]1CC21OCCO1. The van der Waals surface area contributed by atoms with Crippen molar-refractivity contribution in [1.82, 2.24) is 0 Å². The second kappa shape index (κ2) is 8.98. The number of aliphatic hydroxyl groups excluding tert-OH is 1. The second-order valence-electron chi connectivity index (χ2n) is 12.0. The zero-order valence-electron chi connectivity index (χ0n) is 21.0. The third-order valence-corrected chi connectivity index (χ3v) is 13.7. The van der Waals surface area contributed by atoms with Crippen LogP contribution < -0.4 is 0 Å². The molecule has 1 saturated heterocycles. The number of rotatable bonds is 4. The number of hydrogen-bond donors (Lipinski definition) is 1. The largest absolute Gasteiger partial charge is 0.403 e. The summed E-state index contributed by atoms with van der Waals surface area (Å²) in [4.78, 5) is 0. The van der Waals surface area contributed by atoms with Crippen molar-refractivity contribution in [3.8, 4) is 11.8 Å². The second-order valence-corrected chi connectivity index (χ2v) is 16.7. The molecular weight excluding hydrogens is 420 g/mol. The number of methoxy groups -OCH3 is 1. The molecule has 0 aromatic rings. The maximum Gasteiger partial charge on any atom is 0.198 e. The maximum atomic E-state index is 10.9. The van der Waals surface area contributed by atoms with Gasteiger partial charge in [-0.3, -0.25) is 0 Å². The molecule has 3 aliphatic carbocycles. The van der Waals surface area contributed by atoms with Gasteiger partial charge in [0.15, 0.2) is 14.1 Å². The standard InChI is InChI=1S/C26H44O5Si/c1-24(2,3)32(5,6)31-23(19-10-8-7-9-11-19)13-12-20-21-18-26(29-16-17-30-26)25(21,28-4)15-14-22(20)27/h19-23,27H,7-11,14-18H2,1-6H3/t20-,21-,22-,23-,25-/m1/s1. The summed E-state index contributed by atoms with van der Waals surface area (Å²) < 4.78 is 25.1. The summed E-state index contributed by atoms with van der Waals surface area (Å²) in [6.45, 7) is 12.7. The molecule has 3 saturated carbocycles. The fraction of sp³-hybridized carbons (Fsp3) is 0.923. The highest BCUT2D eigenvalue weighted by atomic mass is 28.4. The molecular formula is C26H44O5Si. The van der Waals surface area contributed by atoms with Gasteiger partial charge in [0.25, 0.3) is 0 Å². The minimum Gasteiger partial charge on any atom is -0.403 e. The minimum atomic E-state index is -1.95. The maximum absolute atomic E-state index is 10.9. The van der Waals surface area contributed by atoms with E-state index in [0.29, 0.717) is 25.6 Å². The number of ether oxygens (including phenoxy) is 3. The summed E-state index contributed by atoms with van der Waals surface area (Å²) in [7, 11) is -0.193. The van der Waals surface area contributed by atoms with Crippen LogP contribution in [0.1, 0.15) is 72.1 Å². The van der Waals surface area contributed by atoms with Crippen LogP contribution in [0, 0.1) is 29.6 Å². The van der Waals surface area contributed by atoms with Gasteiger partial charge in [0.05, 0.1) is 25.2 Å². The molecule has 4 rings (SSSR count). The molecule has 0 unspecified atom stereocenters. The van der Waals surface area contributed by atoms with Gasteiger partial charge in [0.2, 0.25) is 0 Å². The number of aliphatic hydroxyl groups is 1. The Balaban J connectivity index is 1.58. The molecule has 1 N–H and O–H groups in total. The lowest BCUT2D eigenvalue weighted by molar-refractivity contribution is -0.381. The van der Waals surface area contributed by atoms with Gasteiger partial charge in [-0.15, -0.1) is 0 Å². The molecule has 1 spiro atoms. The lowest BCUT2D eigenvalue weighted by Crippen LogP contribution is -2.74. The summed E-state index contributed by atoms with van der Waals surface area (Å²) in [6.07, 6.45) is 7.91. The quantitative estimate of drug-likeness (QED) is 0.475. The fourth-order valence-electron chi connectivity index (χ4n) is 6.16.